The number of hydrogen-bond donors (Lipinski definition) is 2. The highest BCUT2D eigenvalue weighted by Crippen LogP contribution is 2.18. The lowest BCUT2D eigenvalue weighted by atomic mass is 10.1. The number of aromatic nitrogens is 4. The number of carboxylic acid groups (broad SMARTS) is 1. The molecule has 3 heterocycles. The minimum Gasteiger partial charge on any atom is -0.478 e. The summed E-state index contributed by atoms with van der Waals surface area (Å²) in [4.78, 5) is 20.1. The third-order valence-corrected chi connectivity index (χ3v) is 3.84. The van der Waals surface area contributed by atoms with Gasteiger partial charge < -0.3 is 15.2 Å². The van der Waals surface area contributed by atoms with E-state index in [9.17, 15) is 9.90 Å². The van der Waals surface area contributed by atoms with E-state index in [1.165, 1.54) is 13.3 Å². The van der Waals surface area contributed by atoms with Crippen LogP contribution in [-0.2, 0) is 17.9 Å². The second kappa shape index (κ2) is 6.84. The first kappa shape index (κ1) is 15.6. The number of nitrogens with one attached hydrogen (secondary N) is 1. The largest absolute Gasteiger partial charge is 0.478 e. The van der Waals surface area contributed by atoms with Crippen LogP contribution in [0.25, 0.3) is 0 Å². The first-order chi connectivity index (χ1) is 11.2. The van der Waals surface area contributed by atoms with Gasteiger partial charge in [0.25, 0.3) is 0 Å². The summed E-state index contributed by atoms with van der Waals surface area (Å²) in [5, 5.41) is 16.7. The molecule has 1 atom stereocenters. The van der Waals surface area contributed by atoms with Gasteiger partial charge in [-0.25, -0.2) is 14.8 Å². The molecule has 0 bridgehead atoms. The lowest BCUT2D eigenvalue weighted by Crippen LogP contribution is -2.11. The van der Waals surface area contributed by atoms with E-state index in [0.717, 1.165) is 30.9 Å². The van der Waals surface area contributed by atoms with Gasteiger partial charge in [-0.3, -0.25) is 4.68 Å². The van der Waals surface area contributed by atoms with Crippen LogP contribution >= 0.6 is 0 Å². The topological polar surface area (TPSA) is 102 Å². The number of ether oxygens (including phenoxy) is 1. The van der Waals surface area contributed by atoms with Gasteiger partial charge in [-0.1, -0.05) is 0 Å². The number of rotatable bonds is 6. The monoisotopic (exact) mass is 317 g/mol. The van der Waals surface area contributed by atoms with Gasteiger partial charge in [0, 0.05) is 43.7 Å². The van der Waals surface area contributed by atoms with E-state index in [0.29, 0.717) is 18.2 Å². The van der Waals surface area contributed by atoms with Crippen LogP contribution in [0.2, 0.25) is 0 Å². The zero-order valence-corrected chi connectivity index (χ0v) is 12.9. The SMILES string of the molecule is COCc1nn(Cc2cnc(C3CCNC3)nc2)cc1C(=O)O. The molecule has 122 valence electrons. The van der Waals surface area contributed by atoms with Gasteiger partial charge in [0.2, 0.25) is 0 Å². The molecule has 1 aliphatic heterocycles. The van der Waals surface area contributed by atoms with Crippen LogP contribution in [0, 0.1) is 0 Å². The molecule has 8 heteroatoms. The molecule has 1 fully saturated rings. The molecule has 3 rings (SSSR count). The van der Waals surface area contributed by atoms with Crippen LogP contribution in [0.5, 0.6) is 0 Å². The van der Waals surface area contributed by atoms with E-state index in [1.54, 1.807) is 17.1 Å². The molecule has 1 saturated heterocycles. The third-order valence-electron chi connectivity index (χ3n) is 3.84. The molecule has 2 aromatic heterocycles. The summed E-state index contributed by atoms with van der Waals surface area (Å²) >= 11 is 0. The minimum atomic E-state index is -1.01. The molecule has 0 saturated carbocycles. The third kappa shape index (κ3) is 3.54. The van der Waals surface area contributed by atoms with E-state index < -0.39 is 5.97 Å². The summed E-state index contributed by atoms with van der Waals surface area (Å²) in [5.74, 6) is 0.217. The molecule has 0 aromatic carbocycles. The fourth-order valence-electron chi connectivity index (χ4n) is 2.68. The zero-order chi connectivity index (χ0) is 16.2. The Labute approximate surface area is 133 Å². The van der Waals surface area contributed by atoms with Crippen molar-refractivity contribution in [3.05, 3.63) is 41.2 Å². The molecule has 0 spiro atoms. The molecule has 1 unspecified atom stereocenters. The van der Waals surface area contributed by atoms with Crippen LogP contribution < -0.4 is 5.32 Å². The van der Waals surface area contributed by atoms with Crippen LogP contribution in [0.1, 0.15) is 39.8 Å². The summed E-state index contributed by atoms with van der Waals surface area (Å²) in [6.07, 6.45) is 6.11. The minimum absolute atomic E-state index is 0.154. The lowest BCUT2D eigenvalue weighted by Gasteiger charge is -2.07. The average Bonchev–Trinajstić information content (AvgIpc) is 3.18. The quantitative estimate of drug-likeness (QED) is 0.806. The van der Waals surface area contributed by atoms with Crippen LogP contribution in [0.15, 0.2) is 18.6 Å². The molecular formula is C15H19N5O3. The van der Waals surface area contributed by atoms with Crippen LogP contribution in [0.4, 0.5) is 0 Å². The first-order valence-corrected chi connectivity index (χ1v) is 7.47. The summed E-state index contributed by atoms with van der Waals surface area (Å²) in [6, 6.07) is 0. The van der Waals surface area contributed by atoms with Gasteiger partial charge in [-0.05, 0) is 13.0 Å². The fraction of sp³-hybridized carbons (Fsp3) is 0.467. The molecule has 0 radical (unpaired) electrons. The fourth-order valence-corrected chi connectivity index (χ4v) is 2.68. The first-order valence-electron chi connectivity index (χ1n) is 7.47. The van der Waals surface area contributed by atoms with E-state index in [2.05, 4.69) is 20.4 Å². The van der Waals surface area contributed by atoms with E-state index in [1.807, 2.05) is 0 Å². The lowest BCUT2D eigenvalue weighted by molar-refractivity contribution is 0.0691. The van der Waals surface area contributed by atoms with Crippen molar-refractivity contribution in [1.29, 1.82) is 0 Å². The Kier molecular flexibility index (Phi) is 4.63. The number of nitrogens with zero attached hydrogens (tertiary/aromatic N) is 4. The molecule has 8 nitrogen and oxygen atoms in total. The Bertz CT molecular complexity index is 677. The molecule has 2 aromatic rings. The van der Waals surface area contributed by atoms with Gasteiger partial charge in [-0.2, -0.15) is 5.10 Å². The summed E-state index contributed by atoms with van der Waals surface area (Å²) < 4.78 is 6.56. The normalized spacial score (nSPS) is 17.5. The maximum atomic E-state index is 11.2. The molecular weight excluding hydrogens is 298 g/mol. The average molecular weight is 317 g/mol. The van der Waals surface area contributed by atoms with Crippen molar-refractivity contribution in [3.63, 3.8) is 0 Å². The van der Waals surface area contributed by atoms with Gasteiger partial charge in [0.05, 0.1) is 13.2 Å². The summed E-state index contributed by atoms with van der Waals surface area (Å²) in [7, 11) is 1.51. The Morgan fingerprint density at radius 2 is 2.26 bits per heavy atom. The Balaban J connectivity index is 1.73. The van der Waals surface area contributed by atoms with Crippen molar-refractivity contribution in [2.75, 3.05) is 20.2 Å². The molecule has 23 heavy (non-hydrogen) atoms. The van der Waals surface area contributed by atoms with Gasteiger partial charge in [0.1, 0.15) is 17.1 Å². The second-order valence-corrected chi connectivity index (χ2v) is 5.56. The van der Waals surface area contributed by atoms with Gasteiger partial charge in [0.15, 0.2) is 0 Å². The standard InChI is InChI=1S/C15H19N5O3/c1-23-9-13-12(15(21)22)8-20(19-13)7-10-4-17-14(18-5-10)11-2-3-16-6-11/h4-5,8,11,16H,2-3,6-7,9H2,1H3,(H,21,22). The number of carbonyl (C=O) groups is 1. The predicted molar refractivity (Wildman–Crippen MR) is 81.3 cm³/mol. The highest BCUT2D eigenvalue weighted by molar-refractivity contribution is 5.88. The Morgan fingerprint density at radius 3 is 2.87 bits per heavy atom. The summed E-state index contributed by atoms with van der Waals surface area (Å²) in [5.41, 5.74) is 1.44. The van der Waals surface area contributed by atoms with Crippen molar-refractivity contribution in [2.45, 2.75) is 25.5 Å². The predicted octanol–water partition coefficient (Wildman–Crippen LogP) is 0.643. The number of methoxy groups -OCH3 is 1. The molecule has 2 N–H and O–H groups in total. The van der Waals surface area contributed by atoms with Crippen molar-refractivity contribution in [2.24, 2.45) is 0 Å². The molecule has 1 aliphatic rings. The van der Waals surface area contributed by atoms with Crippen molar-refractivity contribution in [3.8, 4) is 0 Å². The maximum Gasteiger partial charge on any atom is 0.339 e. The van der Waals surface area contributed by atoms with Crippen LogP contribution in [0.3, 0.4) is 0 Å². The van der Waals surface area contributed by atoms with E-state index in [-0.39, 0.29) is 12.2 Å². The zero-order valence-electron chi connectivity index (χ0n) is 12.9. The molecule has 0 amide bonds. The highest BCUT2D eigenvalue weighted by Gasteiger charge is 2.19. The van der Waals surface area contributed by atoms with Crippen molar-refractivity contribution in [1.82, 2.24) is 25.1 Å². The maximum absolute atomic E-state index is 11.2. The van der Waals surface area contributed by atoms with Gasteiger partial charge >= 0.3 is 5.97 Å². The smallest absolute Gasteiger partial charge is 0.339 e. The highest BCUT2D eigenvalue weighted by atomic mass is 16.5. The van der Waals surface area contributed by atoms with E-state index >= 15 is 0 Å². The van der Waals surface area contributed by atoms with Gasteiger partial charge in [-0.15, -0.1) is 0 Å². The second-order valence-electron chi connectivity index (χ2n) is 5.56. The summed E-state index contributed by atoms with van der Waals surface area (Å²) in [6.45, 7) is 2.51. The number of carboxylic acids is 1. The number of hydrogen-bond acceptors (Lipinski definition) is 6. The Hall–Kier alpha value is -2.32. The Morgan fingerprint density at radius 1 is 1.48 bits per heavy atom. The van der Waals surface area contributed by atoms with E-state index in [4.69, 9.17) is 4.74 Å². The number of aromatic carboxylic acids is 1. The van der Waals surface area contributed by atoms with Crippen molar-refractivity contribution >= 4 is 5.97 Å². The molecule has 0 aliphatic carbocycles. The van der Waals surface area contributed by atoms with Crippen molar-refractivity contribution < 1.29 is 14.6 Å². The van der Waals surface area contributed by atoms with Crippen LogP contribution in [-0.4, -0.2) is 51.0 Å².